The third-order valence-corrected chi connectivity index (χ3v) is 7.79. The highest BCUT2D eigenvalue weighted by Crippen LogP contribution is 2.44. The lowest BCUT2D eigenvalue weighted by molar-refractivity contribution is -0.143. The molecule has 17 heteroatoms. The minimum Gasteiger partial charge on any atom is -0.338 e. The van der Waals surface area contributed by atoms with Gasteiger partial charge in [-0.2, -0.15) is 39.5 Å². The number of anilines is 2. The number of halogens is 10. The van der Waals surface area contributed by atoms with Crippen LogP contribution in [0.3, 0.4) is 0 Å². The van der Waals surface area contributed by atoms with E-state index < -0.39 is 64.2 Å². The predicted octanol–water partition coefficient (Wildman–Crippen LogP) is 6.67. The molecule has 1 spiro atoms. The summed E-state index contributed by atoms with van der Waals surface area (Å²) in [6.07, 6.45) is -14.7. The molecule has 7 nitrogen and oxygen atoms in total. The third-order valence-electron chi connectivity index (χ3n) is 7.47. The third kappa shape index (κ3) is 5.74. The number of hydrogen-bond donors (Lipinski definition) is 0. The maximum atomic E-state index is 13.9. The van der Waals surface area contributed by atoms with E-state index in [-0.39, 0.29) is 43.7 Å². The number of aromatic nitrogens is 2. The van der Waals surface area contributed by atoms with Gasteiger partial charge >= 0.3 is 18.5 Å². The van der Waals surface area contributed by atoms with Crippen molar-refractivity contribution in [2.45, 2.75) is 36.9 Å². The number of para-hydroxylation sites is 1. The molecule has 3 heterocycles. The van der Waals surface area contributed by atoms with Crippen LogP contribution in [0, 0.1) is 0 Å². The minimum atomic E-state index is -5.16. The van der Waals surface area contributed by atoms with Gasteiger partial charge in [-0.15, -0.1) is 0 Å². The van der Waals surface area contributed by atoms with E-state index in [4.69, 9.17) is 11.6 Å². The highest BCUT2D eigenvalue weighted by atomic mass is 35.5. The Morgan fingerprint density at radius 2 is 1.43 bits per heavy atom. The van der Waals surface area contributed by atoms with Crippen LogP contribution < -0.4 is 9.80 Å². The number of nitrogens with zero attached hydrogens (tertiary/aromatic N) is 5. The molecule has 0 aliphatic carbocycles. The van der Waals surface area contributed by atoms with E-state index in [0.717, 1.165) is 16.0 Å². The lowest BCUT2D eigenvalue weighted by atomic mass is 9.85. The fraction of sp³-hybridized carbons (Fsp3) is 0.333. The molecule has 0 bridgehead atoms. The van der Waals surface area contributed by atoms with Crippen molar-refractivity contribution in [3.63, 3.8) is 0 Å². The van der Waals surface area contributed by atoms with E-state index in [1.54, 1.807) is 18.2 Å². The first kappa shape index (κ1) is 31.3. The molecule has 2 aliphatic heterocycles. The van der Waals surface area contributed by atoms with Gasteiger partial charge in [0.05, 0.1) is 21.8 Å². The summed E-state index contributed by atoms with van der Waals surface area (Å²) in [7, 11) is 0. The van der Waals surface area contributed by atoms with Gasteiger partial charge in [0.1, 0.15) is 17.9 Å². The van der Waals surface area contributed by atoms with Gasteiger partial charge < -0.3 is 9.80 Å². The summed E-state index contributed by atoms with van der Waals surface area (Å²) in [5.74, 6) is -2.38. The zero-order valence-corrected chi connectivity index (χ0v) is 22.8. The summed E-state index contributed by atoms with van der Waals surface area (Å²) in [4.78, 5) is 37.9. The molecule has 2 aromatic carbocycles. The summed E-state index contributed by atoms with van der Waals surface area (Å²) in [5, 5.41) is 0.189. The zero-order chi connectivity index (χ0) is 32.2. The standard InChI is InChI=1S/C27H19ClF9N5O2/c28-18-3-1-2-4-19(18)42-14-41(23-38-8-5-20(39-23)27(35,36)37)22(44)24(42)6-9-40(10-7-24)21(43)15-11-16(25(29,30)31)13-17(12-15)26(32,33)34/h1-5,8,11-13H,6-7,9-10,14H2. The maximum Gasteiger partial charge on any atom is 0.433 e. The molecule has 3 aromatic rings. The lowest BCUT2D eigenvalue weighted by Crippen LogP contribution is -2.57. The van der Waals surface area contributed by atoms with Crippen molar-refractivity contribution in [2.24, 2.45) is 0 Å². The molecule has 0 radical (unpaired) electrons. The highest BCUT2D eigenvalue weighted by Gasteiger charge is 2.56. The molecule has 2 saturated heterocycles. The smallest absolute Gasteiger partial charge is 0.338 e. The summed E-state index contributed by atoms with van der Waals surface area (Å²) in [6, 6.07) is 7.48. The Bertz CT molecular complexity index is 1570. The van der Waals surface area contributed by atoms with Crippen molar-refractivity contribution in [1.29, 1.82) is 0 Å². The molecule has 2 aliphatic rings. The Labute approximate surface area is 247 Å². The van der Waals surface area contributed by atoms with Gasteiger partial charge in [0, 0.05) is 24.8 Å². The number of hydrogen-bond acceptors (Lipinski definition) is 5. The van der Waals surface area contributed by atoms with E-state index in [9.17, 15) is 49.1 Å². The number of benzene rings is 2. The van der Waals surface area contributed by atoms with Gasteiger partial charge in [0.25, 0.3) is 11.8 Å². The van der Waals surface area contributed by atoms with E-state index >= 15 is 0 Å². The van der Waals surface area contributed by atoms with Crippen LogP contribution >= 0.6 is 11.6 Å². The summed E-state index contributed by atoms with van der Waals surface area (Å²) < 4.78 is 120. The molecular weight excluding hydrogens is 633 g/mol. The average molecular weight is 652 g/mol. The number of piperidine rings is 1. The Hall–Kier alpha value is -4.08. The van der Waals surface area contributed by atoms with Gasteiger partial charge in [0.2, 0.25) is 5.95 Å². The Morgan fingerprint density at radius 1 is 0.841 bits per heavy atom. The van der Waals surface area contributed by atoms with Crippen molar-refractivity contribution in [2.75, 3.05) is 29.6 Å². The van der Waals surface area contributed by atoms with Crippen LogP contribution in [0.15, 0.2) is 54.7 Å². The van der Waals surface area contributed by atoms with Gasteiger partial charge in [-0.1, -0.05) is 23.7 Å². The second kappa shape index (κ2) is 10.8. The fourth-order valence-electron chi connectivity index (χ4n) is 5.30. The molecule has 1 aromatic heterocycles. The number of likely N-dealkylation sites (tertiary alicyclic amines) is 1. The van der Waals surface area contributed by atoms with Crippen molar-refractivity contribution in [3.8, 4) is 0 Å². The molecule has 0 unspecified atom stereocenters. The number of amides is 2. The van der Waals surface area contributed by atoms with Crippen LogP contribution in [-0.4, -0.2) is 52.0 Å². The minimum absolute atomic E-state index is 0.0922. The molecule has 44 heavy (non-hydrogen) atoms. The lowest BCUT2D eigenvalue weighted by Gasteiger charge is -2.43. The number of rotatable bonds is 3. The first-order valence-electron chi connectivity index (χ1n) is 12.7. The van der Waals surface area contributed by atoms with E-state index in [1.807, 2.05) is 0 Å². The first-order valence-corrected chi connectivity index (χ1v) is 13.1. The largest absolute Gasteiger partial charge is 0.433 e. The van der Waals surface area contributed by atoms with Crippen LogP contribution in [0.2, 0.25) is 5.02 Å². The maximum absolute atomic E-state index is 13.9. The van der Waals surface area contributed by atoms with Gasteiger partial charge in [-0.05, 0) is 49.2 Å². The summed E-state index contributed by atoms with van der Waals surface area (Å²) >= 11 is 6.40. The second-order valence-corrected chi connectivity index (χ2v) is 10.5. The molecule has 234 valence electrons. The number of carbonyl (C=O) groups is 2. The number of alkyl halides is 9. The number of carbonyl (C=O) groups excluding carboxylic acids is 2. The van der Waals surface area contributed by atoms with Crippen LogP contribution in [0.5, 0.6) is 0 Å². The van der Waals surface area contributed by atoms with Crippen molar-refractivity contribution in [1.82, 2.24) is 14.9 Å². The average Bonchev–Trinajstić information content (AvgIpc) is 3.23. The van der Waals surface area contributed by atoms with Crippen molar-refractivity contribution in [3.05, 3.63) is 82.1 Å². The van der Waals surface area contributed by atoms with Gasteiger partial charge in [-0.3, -0.25) is 14.5 Å². The van der Waals surface area contributed by atoms with E-state index in [1.165, 1.54) is 11.0 Å². The Morgan fingerprint density at radius 3 is 1.98 bits per heavy atom. The topological polar surface area (TPSA) is 69.6 Å². The van der Waals surface area contributed by atoms with Crippen LogP contribution in [0.4, 0.5) is 51.1 Å². The Kier molecular flexibility index (Phi) is 7.71. The molecule has 0 atom stereocenters. The summed E-state index contributed by atoms with van der Waals surface area (Å²) in [5.41, 5.74) is -6.63. The van der Waals surface area contributed by atoms with Gasteiger partial charge in [-0.25, -0.2) is 9.97 Å². The summed E-state index contributed by atoms with van der Waals surface area (Å²) in [6.45, 7) is -0.915. The van der Waals surface area contributed by atoms with E-state index in [2.05, 4.69) is 9.97 Å². The quantitative estimate of drug-likeness (QED) is 0.296. The van der Waals surface area contributed by atoms with Crippen molar-refractivity contribution >= 4 is 35.1 Å². The second-order valence-electron chi connectivity index (χ2n) is 10.1. The predicted molar refractivity (Wildman–Crippen MR) is 138 cm³/mol. The first-order chi connectivity index (χ1) is 20.4. The van der Waals surface area contributed by atoms with Crippen molar-refractivity contribution < 1.29 is 49.1 Å². The highest BCUT2D eigenvalue weighted by molar-refractivity contribution is 6.33. The van der Waals surface area contributed by atoms with Crippen LogP contribution in [-0.2, 0) is 23.3 Å². The zero-order valence-electron chi connectivity index (χ0n) is 22.1. The van der Waals surface area contributed by atoms with Crippen LogP contribution in [0.25, 0.3) is 0 Å². The molecule has 0 saturated carbocycles. The van der Waals surface area contributed by atoms with Crippen LogP contribution in [0.1, 0.15) is 40.0 Å². The van der Waals surface area contributed by atoms with Gasteiger partial charge in [0.15, 0.2) is 0 Å². The molecule has 2 fully saturated rings. The molecule has 5 rings (SSSR count). The fourth-order valence-corrected chi connectivity index (χ4v) is 5.54. The monoisotopic (exact) mass is 651 g/mol. The van der Waals surface area contributed by atoms with E-state index in [0.29, 0.717) is 23.9 Å². The molecular formula is C27H19ClF9N5O2. The Balaban J connectivity index is 1.48. The SMILES string of the molecule is O=C(c1cc(C(F)(F)F)cc(C(F)(F)F)c1)N1CCC2(CC1)C(=O)N(c1nccc(C(F)(F)F)n1)CN2c1ccccc1Cl. The molecule has 2 amide bonds. The normalized spacial score (nSPS) is 17.5. The molecule has 0 N–H and O–H groups in total.